The van der Waals surface area contributed by atoms with Crippen LogP contribution in [0.25, 0.3) is 6.08 Å². The second-order valence-corrected chi connectivity index (χ2v) is 5.48. The summed E-state index contributed by atoms with van der Waals surface area (Å²) in [5.41, 5.74) is 2.97. The number of hydrogen-bond acceptors (Lipinski definition) is 2. The van der Waals surface area contributed by atoms with Gasteiger partial charge in [0.25, 0.3) is 0 Å². The number of halogens is 1. The molecule has 0 unspecified atom stereocenters. The highest BCUT2D eigenvalue weighted by Gasteiger charge is 2.00. The molecule has 1 N–H and O–H groups in total. The second-order valence-electron chi connectivity index (χ2n) is 3.84. The Bertz CT molecular complexity index is 575. The summed E-state index contributed by atoms with van der Waals surface area (Å²) in [7, 11) is 0. The van der Waals surface area contributed by atoms with E-state index >= 15 is 0 Å². The number of hydrogen-bond donors (Lipinski definition) is 1. The van der Waals surface area contributed by atoms with Crippen LogP contribution in [0.1, 0.15) is 11.1 Å². The summed E-state index contributed by atoms with van der Waals surface area (Å²) in [6, 6.07) is 7.71. The average Bonchev–Trinajstić information content (AvgIpc) is 2.84. The monoisotopic (exact) mass is 321 g/mol. The Hall–Kier alpha value is -1.39. The van der Waals surface area contributed by atoms with E-state index < -0.39 is 0 Å². The SMILES string of the molecule is Cc1ccc(NC(=O)/C=C/c2ccsc2)cc1Br. The van der Waals surface area contributed by atoms with Crippen LogP contribution in [0.4, 0.5) is 5.69 Å². The molecular weight excluding hydrogens is 310 g/mol. The summed E-state index contributed by atoms with van der Waals surface area (Å²) in [6.45, 7) is 2.01. The number of rotatable bonds is 3. The fourth-order valence-electron chi connectivity index (χ4n) is 1.40. The van der Waals surface area contributed by atoms with E-state index in [9.17, 15) is 4.79 Å². The quantitative estimate of drug-likeness (QED) is 0.830. The van der Waals surface area contributed by atoms with E-state index in [2.05, 4.69) is 21.2 Å². The third-order valence-corrected chi connectivity index (χ3v) is 3.97. The molecule has 0 saturated carbocycles. The Morgan fingerprint density at radius 1 is 1.39 bits per heavy atom. The van der Waals surface area contributed by atoms with Crippen molar-refractivity contribution in [2.24, 2.45) is 0 Å². The van der Waals surface area contributed by atoms with Gasteiger partial charge in [-0.1, -0.05) is 22.0 Å². The molecular formula is C14H12BrNOS. The second kappa shape index (κ2) is 5.98. The van der Waals surface area contributed by atoms with Crippen LogP contribution in [0.2, 0.25) is 0 Å². The van der Waals surface area contributed by atoms with Gasteiger partial charge in [0.1, 0.15) is 0 Å². The Kier molecular flexibility index (Phi) is 4.33. The molecule has 1 amide bonds. The van der Waals surface area contributed by atoms with Crippen LogP contribution in [0.3, 0.4) is 0 Å². The highest BCUT2D eigenvalue weighted by Crippen LogP contribution is 2.20. The zero-order valence-electron chi connectivity index (χ0n) is 9.81. The number of nitrogens with one attached hydrogen (secondary N) is 1. The van der Waals surface area contributed by atoms with Crippen molar-refractivity contribution in [3.63, 3.8) is 0 Å². The topological polar surface area (TPSA) is 29.1 Å². The Morgan fingerprint density at radius 3 is 2.89 bits per heavy atom. The number of benzene rings is 1. The third kappa shape index (κ3) is 3.55. The molecule has 0 aliphatic heterocycles. The lowest BCUT2D eigenvalue weighted by Gasteiger charge is -2.04. The van der Waals surface area contributed by atoms with Crippen molar-refractivity contribution in [2.45, 2.75) is 6.92 Å². The van der Waals surface area contributed by atoms with Crippen LogP contribution in [0.15, 0.2) is 45.6 Å². The van der Waals surface area contributed by atoms with Crippen molar-refractivity contribution < 1.29 is 4.79 Å². The van der Waals surface area contributed by atoms with E-state index in [1.54, 1.807) is 17.4 Å². The number of thiophene rings is 1. The molecule has 2 aromatic rings. The molecule has 0 fully saturated rings. The lowest BCUT2D eigenvalue weighted by atomic mass is 10.2. The fourth-order valence-corrected chi connectivity index (χ4v) is 2.40. The Balaban J connectivity index is 2.01. The maximum Gasteiger partial charge on any atom is 0.248 e. The van der Waals surface area contributed by atoms with E-state index in [4.69, 9.17) is 0 Å². The number of carbonyl (C=O) groups excluding carboxylic acids is 1. The molecule has 1 heterocycles. The summed E-state index contributed by atoms with van der Waals surface area (Å²) in [4.78, 5) is 11.7. The molecule has 0 atom stereocenters. The molecule has 4 heteroatoms. The maximum atomic E-state index is 11.7. The van der Waals surface area contributed by atoms with Crippen LogP contribution in [-0.4, -0.2) is 5.91 Å². The lowest BCUT2D eigenvalue weighted by molar-refractivity contribution is -0.111. The molecule has 0 radical (unpaired) electrons. The van der Waals surface area contributed by atoms with Gasteiger partial charge in [0.2, 0.25) is 5.91 Å². The van der Waals surface area contributed by atoms with Crippen molar-refractivity contribution in [3.8, 4) is 0 Å². The molecule has 0 saturated heterocycles. The minimum atomic E-state index is -0.128. The fraction of sp³-hybridized carbons (Fsp3) is 0.0714. The van der Waals surface area contributed by atoms with E-state index in [1.807, 2.05) is 41.9 Å². The molecule has 2 nitrogen and oxygen atoms in total. The van der Waals surface area contributed by atoms with E-state index in [0.29, 0.717) is 0 Å². The van der Waals surface area contributed by atoms with E-state index in [0.717, 1.165) is 21.3 Å². The van der Waals surface area contributed by atoms with E-state index in [-0.39, 0.29) is 5.91 Å². The van der Waals surface area contributed by atoms with Crippen LogP contribution < -0.4 is 5.32 Å². The van der Waals surface area contributed by atoms with Crippen molar-refractivity contribution >= 4 is 44.9 Å². The third-order valence-electron chi connectivity index (χ3n) is 2.41. The lowest BCUT2D eigenvalue weighted by Crippen LogP contribution is -2.07. The van der Waals surface area contributed by atoms with Crippen molar-refractivity contribution in [3.05, 3.63) is 56.7 Å². The van der Waals surface area contributed by atoms with Gasteiger partial charge in [0, 0.05) is 16.2 Å². The molecule has 0 spiro atoms. The van der Waals surface area contributed by atoms with Crippen molar-refractivity contribution in [1.82, 2.24) is 0 Å². The van der Waals surface area contributed by atoms with Gasteiger partial charge in [-0.25, -0.2) is 0 Å². The van der Waals surface area contributed by atoms with Gasteiger partial charge in [0.15, 0.2) is 0 Å². The summed E-state index contributed by atoms with van der Waals surface area (Å²) < 4.78 is 0.988. The van der Waals surface area contributed by atoms with Crippen molar-refractivity contribution in [1.29, 1.82) is 0 Å². The molecule has 0 bridgehead atoms. The first kappa shape index (κ1) is 13.1. The van der Waals surface area contributed by atoms with Gasteiger partial charge in [-0.3, -0.25) is 4.79 Å². The first-order chi connectivity index (χ1) is 8.65. The number of amides is 1. The largest absolute Gasteiger partial charge is 0.322 e. The molecule has 92 valence electrons. The minimum absolute atomic E-state index is 0.128. The maximum absolute atomic E-state index is 11.7. The molecule has 0 aliphatic carbocycles. The van der Waals surface area contributed by atoms with E-state index in [1.165, 1.54) is 6.08 Å². The van der Waals surface area contributed by atoms with Gasteiger partial charge < -0.3 is 5.32 Å². The van der Waals surface area contributed by atoms with Crippen LogP contribution in [0.5, 0.6) is 0 Å². The smallest absolute Gasteiger partial charge is 0.248 e. The highest BCUT2D eigenvalue weighted by molar-refractivity contribution is 9.10. The standard InChI is InChI=1S/C14H12BrNOS/c1-10-2-4-12(8-13(10)15)16-14(17)5-3-11-6-7-18-9-11/h2-9H,1H3,(H,16,17)/b5-3+. The van der Waals surface area contributed by atoms with Gasteiger partial charge in [-0.05, 0) is 53.1 Å². The Labute approximate surface area is 118 Å². The van der Waals surface area contributed by atoms with Crippen LogP contribution >= 0.6 is 27.3 Å². The predicted octanol–water partition coefficient (Wildman–Crippen LogP) is 4.47. The summed E-state index contributed by atoms with van der Waals surface area (Å²) in [5, 5.41) is 6.79. The molecule has 0 aliphatic rings. The zero-order valence-corrected chi connectivity index (χ0v) is 12.2. The summed E-state index contributed by atoms with van der Waals surface area (Å²) in [6.07, 6.45) is 3.34. The molecule has 1 aromatic carbocycles. The summed E-state index contributed by atoms with van der Waals surface area (Å²) in [5.74, 6) is -0.128. The average molecular weight is 322 g/mol. The normalized spacial score (nSPS) is 10.8. The molecule has 1 aromatic heterocycles. The minimum Gasteiger partial charge on any atom is -0.322 e. The highest BCUT2D eigenvalue weighted by atomic mass is 79.9. The zero-order chi connectivity index (χ0) is 13.0. The van der Waals surface area contributed by atoms with Gasteiger partial charge in [-0.15, -0.1) is 0 Å². The van der Waals surface area contributed by atoms with Crippen molar-refractivity contribution in [2.75, 3.05) is 5.32 Å². The Morgan fingerprint density at radius 2 is 2.22 bits per heavy atom. The van der Waals surface area contributed by atoms with Crippen LogP contribution in [0, 0.1) is 6.92 Å². The first-order valence-electron chi connectivity index (χ1n) is 5.42. The van der Waals surface area contributed by atoms with Gasteiger partial charge >= 0.3 is 0 Å². The number of anilines is 1. The van der Waals surface area contributed by atoms with Crippen LogP contribution in [-0.2, 0) is 4.79 Å². The predicted molar refractivity (Wildman–Crippen MR) is 80.9 cm³/mol. The molecule has 18 heavy (non-hydrogen) atoms. The number of carbonyl (C=O) groups is 1. The van der Waals surface area contributed by atoms with Gasteiger partial charge in [-0.2, -0.15) is 11.3 Å². The summed E-state index contributed by atoms with van der Waals surface area (Å²) >= 11 is 5.05. The first-order valence-corrected chi connectivity index (χ1v) is 7.16. The van der Waals surface area contributed by atoms with Gasteiger partial charge in [0.05, 0.1) is 0 Å². The number of aryl methyl sites for hydroxylation is 1. The molecule has 2 rings (SSSR count).